The van der Waals surface area contributed by atoms with Crippen LogP contribution >= 0.6 is 11.8 Å². The summed E-state index contributed by atoms with van der Waals surface area (Å²) in [5.41, 5.74) is 13.7. The minimum Gasteiger partial charge on any atom is -0.491 e. The summed E-state index contributed by atoms with van der Waals surface area (Å²) in [6, 6.07) is 7.30. The van der Waals surface area contributed by atoms with Crippen molar-refractivity contribution in [2.75, 3.05) is 18.9 Å². The Morgan fingerprint density at radius 3 is 2.06 bits per heavy atom. The average Bonchev–Trinajstić information content (AvgIpc) is 3.11. The van der Waals surface area contributed by atoms with Crippen LogP contribution in [0.15, 0.2) is 39.0 Å². The van der Waals surface area contributed by atoms with Gasteiger partial charge in [-0.25, -0.2) is 9.38 Å². The van der Waals surface area contributed by atoms with Crippen LogP contribution in [0.5, 0.6) is 11.5 Å². The predicted molar refractivity (Wildman–Crippen MR) is 147 cm³/mol. The van der Waals surface area contributed by atoms with Crippen molar-refractivity contribution in [1.82, 2.24) is 0 Å². The molecule has 0 saturated carbocycles. The van der Waals surface area contributed by atoms with Gasteiger partial charge in [0.05, 0.1) is 29.2 Å². The maximum absolute atomic E-state index is 16.2. The number of nitrogens with two attached hydrogens (primary N) is 2. The SMILES string of the molecule is CC(C)CCCCOc1c(F)c(Sc2ccccc2N)c(OCCCCC(C)C)c2c1C(=N)N=C2N. The van der Waals surface area contributed by atoms with Crippen molar-refractivity contribution in [1.29, 1.82) is 5.41 Å². The third kappa shape index (κ3) is 6.93. The summed E-state index contributed by atoms with van der Waals surface area (Å²) in [5, 5.41) is 8.39. The summed E-state index contributed by atoms with van der Waals surface area (Å²) in [6.07, 6.45) is 5.78. The molecule has 0 unspecified atom stereocenters. The molecule has 0 bridgehead atoms. The minimum atomic E-state index is -0.572. The summed E-state index contributed by atoms with van der Waals surface area (Å²) in [5.74, 6) is 0.975. The number of ether oxygens (including phenoxy) is 2. The van der Waals surface area contributed by atoms with Crippen LogP contribution in [0.2, 0.25) is 0 Å². The van der Waals surface area contributed by atoms with E-state index in [0.29, 0.717) is 46.9 Å². The zero-order valence-corrected chi connectivity index (χ0v) is 22.6. The second-order valence-electron chi connectivity index (χ2n) is 10.0. The molecule has 0 radical (unpaired) electrons. The molecule has 5 N–H and O–H groups in total. The molecule has 0 aliphatic carbocycles. The van der Waals surface area contributed by atoms with Gasteiger partial charge in [-0.15, -0.1) is 0 Å². The van der Waals surface area contributed by atoms with Crippen LogP contribution in [0.1, 0.15) is 77.3 Å². The van der Waals surface area contributed by atoms with E-state index >= 15 is 4.39 Å². The van der Waals surface area contributed by atoms with Gasteiger partial charge < -0.3 is 20.9 Å². The lowest BCUT2D eigenvalue weighted by atomic mass is 10.0. The Hall–Kier alpha value is -2.74. The lowest BCUT2D eigenvalue weighted by Crippen LogP contribution is -2.16. The fourth-order valence-electron chi connectivity index (χ4n) is 4.06. The fraction of sp³-hybridized carbons (Fsp3) is 0.500. The van der Waals surface area contributed by atoms with Gasteiger partial charge in [0.25, 0.3) is 0 Å². The summed E-state index contributed by atoms with van der Waals surface area (Å²) >= 11 is 1.18. The number of aliphatic imine (C=N–C) groups is 1. The Morgan fingerprint density at radius 2 is 1.47 bits per heavy atom. The van der Waals surface area contributed by atoms with E-state index in [4.69, 9.17) is 26.4 Å². The van der Waals surface area contributed by atoms with E-state index in [1.807, 2.05) is 18.2 Å². The highest BCUT2D eigenvalue weighted by atomic mass is 32.2. The molecule has 36 heavy (non-hydrogen) atoms. The number of hydrogen-bond acceptors (Lipinski definition) is 6. The first-order valence-corrected chi connectivity index (χ1v) is 13.6. The number of nitrogens with one attached hydrogen (secondary N) is 1. The van der Waals surface area contributed by atoms with Gasteiger partial charge in [-0.1, -0.05) is 64.4 Å². The molecule has 3 rings (SSSR count). The summed E-state index contributed by atoms with van der Waals surface area (Å²) in [6.45, 7) is 9.48. The van der Waals surface area contributed by atoms with Crippen molar-refractivity contribution >= 4 is 29.1 Å². The predicted octanol–water partition coefficient (Wildman–Crippen LogP) is 7.01. The van der Waals surface area contributed by atoms with Crippen molar-refractivity contribution in [3.63, 3.8) is 0 Å². The third-order valence-corrected chi connectivity index (χ3v) is 7.17. The second-order valence-corrected chi connectivity index (χ2v) is 11.1. The van der Waals surface area contributed by atoms with E-state index in [-0.39, 0.29) is 27.9 Å². The molecular formula is C28H39FN4O2S. The zero-order chi connectivity index (χ0) is 26.2. The number of anilines is 1. The van der Waals surface area contributed by atoms with Crippen molar-refractivity contribution in [3.05, 3.63) is 41.2 Å². The van der Waals surface area contributed by atoms with Gasteiger partial charge in [0.2, 0.25) is 0 Å². The Bertz CT molecular complexity index is 1100. The number of amidine groups is 2. The molecule has 6 nitrogen and oxygen atoms in total. The van der Waals surface area contributed by atoms with E-state index < -0.39 is 5.82 Å². The highest BCUT2D eigenvalue weighted by molar-refractivity contribution is 7.99. The number of benzene rings is 2. The highest BCUT2D eigenvalue weighted by Gasteiger charge is 2.34. The lowest BCUT2D eigenvalue weighted by molar-refractivity contribution is 0.273. The van der Waals surface area contributed by atoms with Gasteiger partial charge in [-0.05, 0) is 49.7 Å². The van der Waals surface area contributed by atoms with E-state index in [0.717, 1.165) is 38.5 Å². The number of fused-ring (bicyclic) bond motifs is 1. The largest absolute Gasteiger partial charge is 0.491 e. The van der Waals surface area contributed by atoms with Crippen molar-refractivity contribution < 1.29 is 13.9 Å². The smallest absolute Gasteiger partial charge is 0.183 e. The summed E-state index contributed by atoms with van der Waals surface area (Å²) < 4.78 is 28.3. The molecular weight excluding hydrogens is 475 g/mol. The Labute approximate surface area is 218 Å². The highest BCUT2D eigenvalue weighted by Crippen LogP contribution is 2.48. The maximum atomic E-state index is 16.2. The first-order chi connectivity index (χ1) is 17.2. The molecule has 0 aromatic heterocycles. The van der Waals surface area contributed by atoms with E-state index in [9.17, 15) is 0 Å². The number of halogens is 1. The maximum Gasteiger partial charge on any atom is 0.183 e. The number of rotatable bonds is 14. The molecule has 2 aromatic rings. The summed E-state index contributed by atoms with van der Waals surface area (Å²) in [7, 11) is 0. The van der Waals surface area contributed by atoms with Gasteiger partial charge >= 0.3 is 0 Å². The average molecular weight is 515 g/mol. The molecule has 196 valence electrons. The van der Waals surface area contributed by atoms with Gasteiger partial charge in [-0.3, -0.25) is 5.41 Å². The molecule has 1 heterocycles. The molecule has 0 spiro atoms. The molecule has 2 aromatic carbocycles. The molecule has 8 heteroatoms. The van der Waals surface area contributed by atoms with Crippen LogP contribution < -0.4 is 20.9 Å². The topological polar surface area (TPSA) is 107 Å². The number of nitrogen functional groups attached to an aromatic ring is 1. The fourth-order valence-corrected chi connectivity index (χ4v) is 5.05. The first-order valence-electron chi connectivity index (χ1n) is 12.8. The molecule has 0 atom stereocenters. The lowest BCUT2D eigenvalue weighted by Gasteiger charge is -2.20. The van der Waals surface area contributed by atoms with Gasteiger partial charge in [-0.2, -0.15) is 0 Å². The van der Waals surface area contributed by atoms with Crippen LogP contribution in [0, 0.1) is 23.1 Å². The number of nitrogens with zero attached hydrogens (tertiary/aromatic N) is 1. The number of para-hydroxylation sites is 1. The zero-order valence-electron chi connectivity index (χ0n) is 21.8. The molecule has 1 aliphatic rings. The normalized spacial score (nSPS) is 12.9. The Morgan fingerprint density at radius 1 is 0.889 bits per heavy atom. The molecule has 0 saturated heterocycles. The van der Waals surface area contributed by atoms with Crippen LogP contribution in [-0.2, 0) is 0 Å². The standard InChI is InChI=1S/C28H39FN4O2S/c1-17(2)11-7-9-15-34-24-21-22(28(32)33-27(21)31)25(35-16-10-8-12-18(3)4)26(23(24)29)36-20-14-6-5-13-19(20)30/h5-6,13-14,17-18H,7-12,15-16,30H2,1-4H3,(H3,31,32,33). The van der Waals surface area contributed by atoms with E-state index in [1.54, 1.807) is 6.07 Å². The second kappa shape index (κ2) is 13.0. The van der Waals surface area contributed by atoms with Crippen molar-refractivity contribution in [2.24, 2.45) is 22.6 Å². The van der Waals surface area contributed by atoms with E-state index in [2.05, 4.69) is 32.7 Å². The van der Waals surface area contributed by atoms with Crippen molar-refractivity contribution in [3.8, 4) is 11.5 Å². The minimum absolute atomic E-state index is 0.00732. The van der Waals surface area contributed by atoms with Crippen LogP contribution in [0.4, 0.5) is 10.1 Å². The quantitative estimate of drug-likeness (QED) is 0.186. The van der Waals surface area contributed by atoms with Crippen LogP contribution in [-0.4, -0.2) is 24.9 Å². The number of hydrogen-bond donors (Lipinski definition) is 3. The molecule has 1 aliphatic heterocycles. The van der Waals surface area contributed by atoms with Gasteiger partial charge in [0, 0.05) is 10.6 Å². The van der Waals surface area contributed by atoms with Crippen molar-refractivity contribution in [2.45, 2.75) is 76.0 Å². The van der Waals surface area contributed by atoms with Gasteiger partial charge in [0.1, 0.15) is 11.6 Å². The Kier molecular flexibility index (Phi) is 10.0. The number of unbranched alkanes of at least 4 members (excludes halogenated alkanes) is 2. The Balaban J connectivity index is 1.98. The van der Waals surface area contributed by atoms with Gasteiger partial charge in [0.15, 0.2) is 17.4 Å². The summed E-state index contributed by atoms with van der Waals surface area (Å²) in [4.78, 5) is 5.09. The third-order valence-electron chi connectivity index (χ3n) is 6.01. The molecule has 0 amide bonds. The van der Waals surface area contributed by atoms with Crippen LogP contribution in [0.3, 0.4) is 0 Å². The first kappa shape index (κ1) is 27.8. The van der Waals surface area contributed by atoms with Crippen LogP contribution in [0.25, 0.3) is 0 Å². The van der Waals surface area contributed by atoms with E-state index in [1.165, 1.54) is 11.8 Å². The molecule has 0 fully saturated rings. The monoisotopic (exact) mass is 514 g/mol.